The molecule has 1 fully saturated rings. The summed E-state index contributed by atoms with van der Waals surface area (Å²) in [6, 6.07) is 14.3. The van der Waals surface area contributed by atoms with Crippen molar-refractivity contribution in [3.05, 3.63) is 59.7 Å². The molecule has 1 atom stereocenters. The van der Waals surface area contributed by atoms with Crippen LogP contribution in [0.25, 0.3) is 0 Å². The summed E-state index contributed by atoms with van der Waals surface area (Å²) in [7, 11) is 0. The number of carbonyl (C=O) groups is 2. The lowest BCUT2D eigenvalue weighted by Crippen LogP contribution is -2.48. The maximum atomic E-state index is 12.7. The molecule has 154 valence electrons. The molecule has 2 aromatic carbocycles. The number of amides is 2. The van der Waals surface area contributed by atoms with Crippen molar-refractivity contribution in [2.45, 2.75) is 13.5 Å². The summed E-state index contributed by atoms with van der Waals surface area (Å²) < 4.78 is 22.0. The normalized spacial score (nSPS) is 15.6. The zero-order chi connectivity index (χ0) is 20.8. The Morgan fingerprint density at radius 2 is 1.55 bits per heavy atom. The van der Waals surface area contributed by atoms with Gasteiger partial charge in [0.15, 0.2) is 0 Å². The van der Waals surface area contributed by atoms with E-state index in [-0.39, 0.29) is 11.8 Å². The molecule has 1 aliphatic heterocycles. The SMILES string of the molecule is CC(=O)Nc1ccc(CN2CCN(C(=O)c3ccc(NS(=O)O)cc3)CC2)cc1. The minimum absolute atomic E-state index is 0.0408. The predicted octanol–water partition coefficient (Wildman–Crippen LogP) is 2.15. The molecule has 0 radical (unpaired) electrons. The average molecular weight is 417 g/mol. The topological polar surface area (TPSA) is 102 Å². The van der Waals surface area contributed by atoms with E-state index in [1.165, 1.54) is 6.92 Å². The molecule has 0 spiro atoms. The van der Waals surface area contributed by atoms with Gasteiger partial charge in [0.1, 0.15) is 0 Å². The van der Waals surface area contributed by atoms with E-state index in [1.54, 1.807) is 24.3 Å². The van der Waals surface area contributed by atoms with Gasteiger partial charge in [-0.3, -0.25) is 23.8 Å². The van der Waals surface area contributed by atoms with Crippen LogP contribution < -0.4 is 10.0 Å². The first-order valence-corrected chi connectivity index (χ1v) is 10.4. The smallest absolute Gasteiger partial charge is 0.259 e. The molecule has 3 N–H and O–H groups in total. The van der Waals surface area contributed by atoms with Gasteiger partial charge >= 0.3 is 0 Å². The van der Waals surface area contributed by atoms with Gasteiger partial charge in [-0.05, 0) is 42.0 Å². The summed E-state index contributed by atoms with van der Waals surface area (Å²) >= 11 is -2.13. The van der Waals surface area contributed by atoms with Crippen LogP contribution >= 0.6 is 0 Å². The van der Waals surface area contributed by atoms with E-state index in [0.717, 1.165) is 30.9 Å². The number of benzene rings is 2. The molecule has 9 heteroatoms. The number of anilines is 2. The standard InChI is InChI=1S/C20H24N4O4S/c1-15(25)21-18-6-2-16(3-7-18)14-23-10-12-24(13-11-23)20(26)17-4-8-19(9-5-17)22-29(27)28/h2-9,22H,10-14H2,1H3,(H,21,25)(H,27,28). The molecule has 0 aliphatic carbocycles. The van der Waals surface area contributed by atoms with Crippen LogP contribution in [0.3, 0.4) is 0 Å². The van der Waals surface area contributed by atoms with E-state index < -0.39 is 11.3 Å². The monoisotopic (exact) mass is 416 g/mol. The highest BCUT2D eigenvalue weighted by Gasteiger charge is 2.22. The lowest BCUT2D eigenvalue weighted by Gasteiger charge is -2.34. The van der Waals surface area contributed by atoms with Gasteiger partial charge < -0.3 is 10.2 Å². The van der Waals surface area contributed by atoms with Gasteiger partial charge in [-0.15, -0.1) is 0 Å². The van der Waals surface area contributed by atoms with E-state index in [1.807, 2.05) is 29.2 Å². The number of piperazine rings is 1. The van der Waals surface area contributed by atoms with Crippen molar-refractivity contribution in [3.63, 3.8) is 0 Å². The van der Waals surface area contributed by atoms with Crippen molar-refractivity contribution in [1.82, 2.24) is 9.80 Å². The Labute approximate surface area is 172 Å². The number of carbonyl (C=O) groups excluding carboxylic acids is 2. The number of hydrogen-bond donors (Lipinski definition) is 3. The highest BCUT2D eigenvalue weighted by atomic mass is 32.2. The molecule has 0 saturated carbocycles. The summed E-state index contributed by atoms with van der Waals surface area (Å²) in [5, 5.41) is 2.75. The van der Waals surface area contributed by atoms with Gasteiger partial charge in [-0.1, -0.05) is 12.1 Å². The molecule has 1 saturated heterocycles. The largest absolute Gasteiger partial charge is 0.336 e. The second-order valence-electron chi connectivity index (χ2n) is 6.88. The van der Waals surface area contributed by atoms with Crippen LogP contribution in [-0.4, -0.2) is 56.6 Å². The Morgan fingerprint density at radius 1 is 0.966 bits per heavy atom. The third-order valence-electron chi connectivity index (χ3n) is 4.68. The molecule has 2 amide bonds. The second-order valence-corrected chi connectivity index (χ2v) is 7.58. The molecule has 1 unspecified atom stereocenters. The Balaban J connectivity index is 1.50. The van der Waals surface area contributed by atoms with Crippen molar-refractivity contribution >= 4 is 34.5 Å². The van der Waals surface area contributed by atoms with Gasteiger partial charge in [-0.2, -0.15) is 0 Å². The molecule has 0 bridgehead atoms. The fraction of sp³-hybridized carbons (Fsp3) is 0.300. The fourth-order valence-corrected chi connectivity index (χ4v) is 3.57. The van der Waals surface area contributed by atoms with E-state index >= 15 is 0 Å². The molecule has 1 aliphatic rings. The quantitative estimate of drug-likeness (QED) is 0.627. The summed E-state index contributed by atoms with van der Waals surface area (Å²) in [5.74, 6) is -0.131. The van der Waals surface area contributed by atoms with E-state index in [4.69, 9.17) is 4.55 Å². The predicted molar refractivity (Wildman–Crippen MR) is 113 cm³/mol. The summed E-state index contributed by atoms with van der Waals surface area (Å²) in [5.41, 5.74) is 2.98. The molecule has 8 nitrogen and oxygen atoms in total. The highest BCUT2D eigenvalue weighted by Crippen LogP contribution is 2.16. The first-order valence-electron chi connectivity index (χ1n) is 9.26. The summed E-state index contributed by atoms with van der Waals surface area (Å²) in [6.45, 7) is 5.12. The lowest BCUT2D eigenvalue weighted by molar-refractivity contribution is -0.114. The third-order valence-corrected chi connectivity index (χ3v) is 5.09. The molecule has 3 rings (SSSR count). The number of nitrogens with zero attached hydrogens (tertiary/aromatic N) is 2. The fourth-order valence-electron chi connectivity index (χ4n) is 3.23. The first kappa shape index (κ1) is 21.0. The number of hydrogen-bond acceptors (Lipinski definition) is 4. The third kappa shape index (κ3) is 6.11. The lowest BCUT2D eigenvalue weighted by atomic mass is 10.1. The van der Waals surface area contributed by atoms with Crippen LogP contribution in [0.4, 0.5) is 11.4 Å². The van der Waals surface area contributed by atoms with Gasteiger partial charge in [0, 0.05) is 56.6 Å². The van der Waals surface area contributed by atoms with Gasteiger partial charge in [-0.25, -0.2) is 4.21 Å². The van der Waals surface area contributed by atoms with Crippen molar-refractivity contribution < 1.29 is 18.4 Å². The minimum Gasteiger partial charge on any atom is -0.336 e. The molecule has 1 heterocycles. The maximum Gasteiger partial charge on any atom is 0.259 e. The van der Waals surface area contributed by atoms with Crippen LogP contribution in [-0.2, 0) is 22.6 Å². The van der Waals surface area contributed by atoms with Gasteiger partial charge in [0.05, 0.1) is 0 Å². The zero-order valence-electron chi connectivity index (χ0n) is 16.1. The van der Waals surface area contributed by atoms with Crippen LogP contribution in [0, 0.1) is 0 Å². The van der Waals surface area contributed by atoms with Crippen molar-refractivity contribution in [2.24, 2.45) is 0 Å². The minimum atomic E-state index is -2.13. The van der Waals surface area contributed by atoms with Crippen LogP contribution in [0.1, 0.15) is 22.8 Å². The summed E-state index contributed by atoms with van der Waals surface area (Å²) in [4.78, 5) is 27.9. The van der Waals surface area contributed by atoms with E-state index in [9.17, 15) is 13.8 Å². The Bertz CT molecular complexity index is 878. The highest BCUT2D eigenvalue weighted by molar-refractivity contribution is 7.80. The first-order chi connectivity index (χ1) is 13.9. The average Bonchev–Trinajstić information content (AvgIpc) is 2.69. The molecular formula is C20H24N4O4S. The summed E-state index contributed by atoms with van der Waals surface area (Å²) in [6.07, 6.45) is 0. The van der Waals surface area contributed by atoms with Crippen molar-refractivity contribution in [1.29, 1.82) is 0 Å². The van der Waals surface area contributed by atoms with E-state index in [2.05, 4.69) is 14.9 Å². The Morgan fingerprint density at radius 3 is 2.10 bits per heavy atom. The molecule has 0 aromatic heterocycles. The molecule has 29 heavy (non-hydrogen) atoms. The molecular weight excluding hydrogens is 392 g/mol. The zero-order valence-corrected chi connectivity index (χ0v) is 16.9. The molecule has 2 aromatic rings. The maximum absolute atomic E-state index is 12.7. The van der Waals surface area contributed by atoms with Gasteiger partial charge in [0.2, 0.25) is 5.91 Å². The van der Waals surface area contributed by atoms with E-state index in [0.29, 0.717) is 24.3 Å². The number of rotatable bonds is 6. The second kappa shape index (κ2) is 9.64. The van der Waals surface area contributed by atoms with Crippen LogP contribution in [0.15, 0.2) is 48.5 Å². The van der Waals surface area contributed by atoms with Crippen LogP contribution in [0.2, 0.25) is 0 Å². The number of nitrogens with one attached hydrogen (secondary N) is 2. The van der Waals surface area contributed by atoms with Crippen molar-refractivity contribution in [2.75, 3.05) is 36.2 Å². The Hall–Kier alpha value is -2.75. The Kier molecular flexibility index (Phi) is 6.97. The van der Waals surface area contributed by atoms with Crippen LogP contribution in [0.5, 0.6) is 0 Å². The van der Waals surface area contributed by atoms with Gasteiger partial charge in [0.25, 0.3) is 17.2 Å². The van der Waals surface area contributed by atoms with Crippen molar-refractivity contribution in [3.8, 4) is 0 Å².